The molecule has 1 aliphatic carbocycles. The highest BCUT2D eigenvalue weighted by Gasteiger charge is 2.45. The molecule has 1 aromatic heterocycles. The molecular formula is C32H24ClFN2O3. The second-order valence-electron chi connectivity index (χ2n) is 9.70. The van der Waals surface area contributed by atoms with Crippen molar-refractivity contribution in [1.82, 2.24) is 10.6 Å². The predicted octanol–water partition coefficient (Wildman–Crippen LogP) is 7.34. The number of hydrogen-bond acceptors (Lipinski definition) is 3. The summed E-state index contributed by atoms with van der Waals surface area (Å²) in [5, 5.41) is 6.93. The van der Waals surface area contributed by atoms with Gasteiger partial charge in [0.05, 0.1) is 11.1 Å². The van der Waals surface area contributed by atoms with Crippen LogP contribution in [0.1, 0.15) is 39.1 Å². The molecule has 194 valence electrons. The second-order valence-corrected chi connectivity index (χ2v) is 10.1. The molecule has 39 heavy (non-hydrogen) atoms. The van der Waals surface area contributed by atoms with E-state index in [1.165, 1.54) is 12.1 Å². The zero-order chi connectivity index (χ0) is 27.1. The van der Waals surface area contributed by atoms with Gasteiger partial charge in [0.15, 0.2) is 0 Å². The Morgan fingerprint density at radius 2 is 1.59 bits per heavy atom. The maximum Gasteiger partial charge on any atom is 0.255 e. The lowest BCUT2D eigenvalue weighted by atomic mass is 9.98. The normalized spacial score (nSPS) is 13.7. The van der Waals surface area contributed by atoms with Gasteiger partial charge < -0.3 is 15.1 Å². The Labute approximate surface area is 229 Å². The van der Waals surface area contributed by atoms with Crippen LogP contribution in [-0.4, -0.2) is 18.9 Å². The number of benzene rings is 4. The molecule has 2 N–H and O–H groups in total. The van der Waals surface area contributed by atoms with Crippen molar-refractivity contribution in [3.05, 3.63) is 119 Å². The average Bonchev–Trinajstić information content (AvgIpc) is 3.65. The third kappa shape index (κ3) is 4.57. The standard InChI is InChI=1S/C32H24ClFN2O3/c1-35-31(38)28-25-17-20(10-14-27(25)39-29(28)19-7-11-23(34)12-8-19)24-18-21(9-13-26(24)33)30(37)36-32(15-16-32)22-5-3-2-4-6-22/h2-14,17-18H,15-16H2,1H3,(H,35,38)(H,36,37). The van der Waals surface area contributed by atoms with Crippen molar-refractivity contribution in [3.8, 4) is 22.5 Å². The van der Waals surface area contributed by atoms with Crippen LogP contribution in [0.25, 0.3) is 33.4 Å². The van der Waals surface area contributed by atoms with Crippen LogP contribution in [0.3, 0.4) is 0 Å². The van der Waals surface area contributed by atoms with E-state index in [0.717, 1.165) is 24.0 Å². The summed E-state index contributed by atoms with van der Waals surface area (Å²) < 4.78 is 19.6. The molecule has 7 heteroatoms. The van der Waals surface area contributed by atoms with Crippen LogP contribution >= 0.6 is 11.6 Å². The highest BCUT2D eigenvalue weighted by Crippen LogP contribution is 2.45. The summed E-state index contributed by atoms with van der Waals surface area (Å²) in [5.74, 6) is -0.548. The van der Waals surface area contributed by atoms with Gasteiger partial charge >= 0.3 is 0 Å². The fourth-order valence-corrected chi connectivity index (χ4v) is 5.19. The van der Waals surface area contributed by atoms with Gasteiger partial charge in [-0.1, -0.05) is 48.0 Å². The van der Waals surface area contributed by atoms with E-state index in [9.17, 15) is 14.0 Å². The molecule has 2 amide bonds. The first-order valence-corrected chi connectivity index (χ1v) is 13.0. The van der Waals surface area contributed by atoms with E-state index >= 15 is 0 Å². The van der Waals surface area contributed by atoms with Crippen molar-refractivity contribution in [2.45, 2.75) is 18.4 Å². The van der Waals surface area contributed by atoms with Crippen molar-refractivity contribution >= 4 is 34.4 Å². The zero-order valence-electron chi connectivity index (χ0n) is 21.1. The number of furan rings is 1. The zero-order valence-corrected chi connectivity index (χ0v) is 21.8. The van der Waals surface area contributed by atoms with Gasteiger partial charge in [0.2, 0.25) is 0 Å². The van der Waals surface area contributed by atoms with Gasteiger partial charge in [-0.25, -0.2) is 4.39 Å². The summed E-state index contributed by atoms with van der Waals surface area (Å²) in [7, 11) is 1.54. The Morgan fingerprint density at radius 1 is 0.872 bits per heavy atom. The predicted molar refractivity (Wildman–Crippen MR) is 150 cm³/mol. The maximum atomic E-state index is 13.5. The molecule has 5 aromatic rings. The van der Waals surface area contributed by atoms with E-state index in [1.807, 2.05) is 42.5 Å². The highest BCUT2D eigenvalue weighted by molar-refractivity contribution is 6.33. The van der Waals surface area contributed by atoms with Gasteiger partial charge in [-0.15, -0.1) is 0 Å². The smallest absolute Gasteiger partial charge is 0.255 e. The Hall–Kier alpha value is -4.42. The first-order valence-electron chi connectivity index (χ1n) is 12.6. The average molecular weight is 539 g/mol. The van der Waals surface area contributed by atoms with Crippen LogP contribution in [0.4, 0.5) is 4.39 Å². The number of nitrogens with one attached hydrogen (secondary N) is 2. The van der Waals surface area contributed by atoms with Crippen molar-refractivity contribution in [2.75, 3.05) is 7.05 Å². The number of amides is 2. The van der Waals surface area contributed by atoms with E-state index in [1.54, 1.807) is 43.4 Å². The van der Waals surface area contributed by atoms with Crippen LogP contribution in [0.5, 0.6) is 0 Å². The van der Waals surface area contributed by atoms with E-state index in [-0.39, 0.29) is 23.2 Å². The molecule has 0 saturated heterocycles. The molecule has 5 nitrogen and oxygen atoms in total. The number of rotatable bonds is 6. The molecule has 1 fully saturated rings. The molecular weight excluding hydrogens is 515 g/mol. The van der Waals surface area contributed by atoms with Crippen molar-refractivity contribution in [1.29, 1.82) is 0 Å². The molecule has 1 heterocycles. The monoisotopic (exact) mass is 538 g/mol. The summed E-state index contributed by atoms with van der Waals surface area (Å²) in [6.45, 7) is 0. The van der Waals surface area contributed by atoms with Crippen LogP contribution in [-0.2, 0) is 5.54 Å². The summed E-state index contributed by atoms with van der Waals surface area (Å²) in [4.78, 5) is 26.2. The van der Waals surface area contributed by atoms with Gasteiger partial charge in [-0.05, 0) is 78.6 Å². The Kier molecular flexibility index (Phi) is 6.20. The maximum absolute atomic E-state index is 13.5. The van der Waals surface area contributed by atoms with Crippen molar-refractivity contribution < 1.29 is 18.4 Å². The molecule has 0 aliphatic heterocycles. The largest absolute Gasteiger partial charge is 0.455 e. The first kappa shape index (κ1) is 24.9. The van der Waals surface area contributed by atoms with Gasteiger partial charge in [-0.2, -0.15) is 0 Å². The lowest BCUT2D eigenvalue weighted by Crippen LogP contribution is -2.34. The van der Waals surface area contributed by atoms with Gasteiger partial charge in [-0.3, -0.25) is 9.59 Å². The van der Waals surface area contributed by atoms with Crippen molar-refractivity contribution in [3.63, 3.8) is 0 Å². The highest BCUT2D eigenvalue weighted by atomic mass is 35.5. The van der Waals surface area contributed by atoms with Gasteiger partial charge in [0.1, 0.15) is 17.2 Å². The molecule has 6 rings (SSSR count). The SMILES string of the molecule is CNC(=O)c1c(-c2ccc(F)cc2)oc2ccc(-c3cc(C(=O)NC4(c5ccccc5)CC4)ccc3Cl)cc12. The molecule has 1 aliphatic rings. The minimum absolute atomic E-state index is 0.177. The van der Waals surface area contributed by atoms with E-state index in [0.29, 0.717) is 44.0 Å². The fraction of sp³-hybridized carbons (Fsp3) is 0.125. The lowest BCUT2D eigenvalue weighted by molar-refractivity contribution is 0.0929. The topological polar surface area (TPSA) is 71.3 Å². The molecule has 0 spiro atoms. The number of carbonyl (C=O) groups is 2. The number of halogens is 2. The summed E-state index contributed by atoms with van der Waals surface area (Å²) in [5.41, 5.74) is 4.04. The molecule has 1 saturated carbocycles. The molecule has 0 atom stereocenters. The third-order valence-corrected chi connectivity index (χ3v) is 7.55. The Morgan fingerprint density at radius 3 is 2.28 bits per heavy atom. The van der Waals surface area contributed by atoms with E-state index in [4.69, 9.17) is 16.0 Å². The summed E-state index contributed by atoms with van der Waals surface area (Å²) >= 11 is 6.60. The Balaban J connectivity index is 1.39. The quantitative estimate of drug-likeness (QED) is 0.237. The number of fused-ring (bicyclic) bond motifs is 1. The number of carbonyl (C=O) groups excluding carboxylic acids is 2. The number of hydrogen-bond donors (Lipinski definition) is 2. The Bertz CT molecular complexity index is 1720. The van der Waals surface area contributed by atoms with Crippen LogP contribution < -0.4 is 10.6 Å². The van der Waals surface area contributed by atoms with E-state index in [2.05, 4.69) is 10.6 Å². The van der Waals surface area contributed by atoms with Gasteiger partial charge in [0.25, 0.3) is 11.8 Å². The second kappa shape index (κ2) is 9.71. The first-order chi connectivity index (χ1) is 18.9. The van der Waals surface area contributed by atoms with Crippen molar-refractivity contribution in [2.24, 2.45) is 0 Å². The minimum Gasteiger partial charge on any atom is -0.455 e. The van der Waals surface area contributed by atoms with E-state index < -0.39 is 0 Å². The minimum atomic E-state index is -0.381. The van der Waals surface area contributed by atoms with Crippen LogP contribution in [0.15, 0.2) is 95.4 Å². The lowest BCUT2D eigenvalue weighted by Gasteiger charge is -2.18. The molecule has 0 unspecified atom stereocenters. The fourth-order valence-electron chi connectivity index (χ4n) is 4.97. The van der Waals surface area contributed by atoms with Crippen LogP contribution in [0.2, 0.25) is 5.02 Å². The third-order valence-electron chi connectivity index (χ3n) is 7.22. The molecule has 4 aromatic carbocycles. The molecule has 0 radical (unpaired) electrons. The summed E-state index contributed by atoms with van der Waals surface area (Å²) in [6, 6.07) is 26.4. The molecule has 0 bridgehead atoms. The van der Waals surface area contributed by atoms with Gasteiger partial charge in [0, 0.05) is 34.1 Å². The summed E-state index contributed by atoms with van der Waals surface area (Å²) in [6.07, 6.45) is 1.78. The van der Waals surface area contributed by atoms with Crippen LogP contribution in [0, 0.1) is 5.82 Å².